The van der Waals surface area contributed by atoms with Gasteiger partial charge in [-0.25, -0.2) is 4.79 Å². The molecule has 0 aliphatic carbocycles. The van der Waals surface area contributed by atoms with Crippen LogP contribution in [-0.4, -0.2) is 11.1 Å². The fourth-order valence-electron chi connectivity index (χ4n) is 0.804. The third-order valence-electron chi connectivity index (χ3n) is 1.35. The number of carboxylic acid groups (broad SMARTS) is 1. The molecule has 0 aromatic heterocycles. The summed E-state index contributed by atoms with van der Waals surface area (Å²) in [6.45, 7) is 0. The van der Waals surface area contributed by atoms with Crippen molar-refractivity contribution in [3.8, 4) is 0 Å². The van der Waals surface area contributed by atoms with E-state index < -0.39 is 11.8 Å². The number of halogens is 2. The summed E-state index contributed by atoms with van der Waals surface area (Å²) in [5, 5.41) is 8.26. The molecule has 0 aliphatic rings. The summed E-state index contributed by atoms with van der Waals surface area (Å²) < 4.78 is 13.4. The number of benzene rings is 1. The summed E-state index contributed by atoms with van der Waals surface area (Å²) in [5.41, 5.74) is 0.509. The van der Waals surface area contributed by atoms with E-state index in [2.05, 4.69) is 15.9 Å². The molecule has 0 amide bonds. The van der Waals surface area contributed by atoms with Crippen LogP contribution in [0.5, 0.6) is 0 Å². The predicted molar refractivity (Wildman–Crippen MR) is 50.9 cm³/mol. The number of hydrogen-bond acceptors (Lipinski definition) is 1. The van der Waals surface area contributed by atoms with E-state index in [1.54, 1.807) is 24.3 Å². The molecule has 2 nitrogen and oxygen atoms in total. The van der Waals surface area contributed by atoms with E-state index in [0.717, 1.165) is 10.5 Å². The van der Waals surface area contributed by atoms with Crippen LogP contribution in [0.3, 0.4) is 0 Å². The van der Waals surface area contributed by atoms with Crippen molar-refractivity contribution >= 4 is 28.0 Å². The standard InChI is InChI=1S/C9H6BrFO2/c10-7-3-1-2-6(4-7)5-8(11)9(12)13/h1-5H,(H,12,13)/b8-5-. The van der Waals surface area contributed by atoms with Gasteiger partial charge in [0.25, 0.3) is 0 Å². The quantitative estimate of drug-likeness (QED) is 0.813. The minimum Gasteiger partial charge on any atom is -0.476 e. The summed E-state index contributed by atoms with van der Waals surface area (Å²) in [6.07, 6.45) is 0.965. The van der Waals surface area contributed by atoms with Gasteiger partial charge in [-0.3, -0.25) is 0 Å². The van der Waals surface area contributed by atoms with Crippen LogP contribution in [0.2, 0.25) is 0 Å². The van der Waals surface area contributed by atoms with Crippen molar-refractivity contribution in [2.75, 3.05) is 0 Å². The molecule has 1 aromatic rings. The zero-order valence-electron chi connectivity index (χ0n) is 6.50. The van der Waals surface area contributed by atoms with E-state index in [0.29, 0.717) is 5.56 Å². The molecule has 0 spiro atoms. The maximum atomic E-state index is 12.6. The second-order valence-corrected chi connectivity index (χ2v) is 3.27. The van der Waals surface area contributed by atoms with E-state index in [-0.39, 0.29) is 0 Å². The van der Waals surface area contributed by atoms with Gasteiger partial charge >= 0.3 is 5.97 Å². The fourth-order valence-corrected chi connectivity index (χ4v) is 1.22. The molecule has 0 aliphatic heterocycles. The minimum atomic E-state index is -1.56. The molecule has 0 saturated carbocycles. The van der Waals surface area contributed by atoms with E-state index in [1.807, 2.05) is 0 Å². The third-order valence-corrected chi connectivity index (χ3v) is 1.84. The van der Waals surface area contributed by atoms with Crippen LogP contribution in [0, 0.1) is 0 Å². The van der Waals surface area contributed by atoms with Crippen LogP contribution >= 0.6 is 15.9 Å². The van der Waals surface area contributed by atoms with E-state index >= 15 is 0 Å². The van der Waals surface area contributed by atoms with Crippen LogP contribution in [0.1, 0.15) is 5.56 Å². The summed E-state index contributed by atoms with van der Waals surface area (Å²) in [7, 11) is 0. The van der Waals surface area contributed by atoms with E-state index in [4.69, 9.17) is 5.11 Å². The number of carboxylic acids is 1. The molecule has 0 heterocycles. The molecule has 13 heavy (non-hydrogen) atoms. The molecular formula is C9H6BrFO2. The van der Waals surface area contributed by atoms with Gasteiger partial charge in [-0.2, -0.15) is 4.39 Å². The number of aliphatic carboxylic acids is 1. The Labute approximate surface area is 82.8 Å². The Morgan fingerprint density at radius 3 is 2.77 bits per heavy atom. The van der Waals surface area contributed by atoms with Crippen molar-refractivity contribution in [1.29, 1.82) is 0 Å². The highest BCUT2D eigenvalue weighted by Crippen LogP contribution is 2.14. The largest absolute Gasteiger partial charge is 0.476 e. The first-order valence-electron chi connectivity index (χ1n) is 3.45. The van der Waals surface area contributed by atoms with Crippen molar-refractivity contribution in [1.82, 2.24) is 0 Å². The van der Waals surface area contributed by atoms with Gasteiger partial charge in [0.15, 0.2) is 0 Å². The third kappa shape index (κ3) is 2.99. The average molecular weight is 245 g/mol. The van der Waals surface area contributed by atoms with Crippen molar-refractivity contribution in [2.24, 2.45) is 0 Å². The zero-order valence-corrected chi connectivity index (χ0v) is 8.08. The van der Waals surface area contributed by atoms with Gasteiger partial charge in [0.05, 0.1) is 0 Å². The van der Waals surface area contributed by atoms with E-state index in [9.17, 15) is 9.18 Å². The normalized spacial score (nSPS) is 11.4. The molecule has 1 aromatic carbocycles. The smallest absolute Gasteiger partial charge is 0.364 e. The second kappa shape index (κ2) is 4.18. The highest BCUT2D eigenvalue weighted by Gasteiger charge is 2.04. The average Bonchev–Trinajstić information content (AvgIpc) is 2.04. The lowest BCUT2D eigenvalue weighted by Crippen LogP contribution is -1.93. The Hall–Kier alpha value is -1.16. The fraction of sp³-hybridized carbons (Fsp3) is 0. The molecule has 0 fully saturated rings. The van der Waals surface area contributed by atoms with Crippen molar-refractivity contribution in [2.45, 2.75) is 0 Å². The van der Waals surface area contributed by atoms with Crippen molar-refractivity contribution in [3.05, 3.63) is 40.1 Å². The summed E-state index contributed by atoms with van der Waals surface area (Å²) >= 11 is 3.19. The van der Waals surface area contributed by atoms with Gasteiger partial charge in [0.2, 0.25) is 5.83 Å². The van der Waals surface area contributed by atoms with E-state index in [1.165, 1.54) is 0 Å². The molecule has 68 valence electrons. The summed E-state index contributed by atoms with van der Waals surface area (Å²) in [6, 6.07) is 6.72. The molecule has 1 rings (SSSR count). The highest BCUT2D eigenvalue weighted by molar-refractivity contribution is 9.10. The number of carbonyl (C=O) groups is 1. The van der Waals surface area contributed by atoms with Gasteiger partial charge in [-0.05, 0) is 23.8 Å². The molecule has 0 unspecified atom stereocenters. The van der Waals surface area contributed by atoms with Gasteiger partial charge < -0.3 is 5.11 Å². The molecule has 1 N–H and O–H groups in total. The van der Waals surface area contributed by atoms with Gasteiger partial charge in [-0.15, -0.1) is 0 Å². The number of hydrogen-bond donors (Lipinski definition) is 1. The zero-order chi connectivity index (χ0) is 9.84. The lowest BCUT2D eigenvalue weighted by molar-refractivity contribution is -0.134. The van der Waals surface area contributed by atoms with Crippen LogP contribution in [0.4, 0.5) is 4.39 Å². The number of rotatable bonds is 2. The second-order valence-electron chi connectivity index (χ2n) is 2.35. The molecular weight excluding hydrogens is 239 g/mol. The SMILES string of the molecule is O=C(O)/C(F)=C/c1cccc(Br)c1. The highest BCUT2D eigenvalue weighted by atomic mass is 79.9. The lowest BCUT2D eigenvalue weighted by atomic mass is 10.2. The summed E-state index contributed by atoms with van der Waals surface area (Å²) in [5.74, 6) is -2.72. The van der Waals surface area contributed by atoms with Crippen molar-refractivity contribution in [3.63, 3.8) is 0 Å². The minimum absolute atomic E-state index is 0.509. The first-order chi connectivity index (χ1) is 6.09. The predicted octanol–water partition coefficient (Wildman–Crippen LogP) is 2.84. The monoisotopic (exact) mass is 244 g/mol. The van der Waals surface area contributed by atoms with Crippen LogP contribution in [0.25, 0.3) is 6.08 Å². The molecule has 0 saturated heterocycles. The Morgan fingerprint density at radius 1 is 1.54 bits per heavy atom. The molecule has 0 atom stereocenters. The Balaban J connectivity index is 2.97. The first kappa shape index (κ1) is 9.92. The van der Waals surface area contributed by atoms with Crippen LogP contribution < -0.4 is 0 Å². The van der Waals surface area contributed by atoms with Crippen molar-refractivity contribution < 1.29 is 14.3 Å². The Bertz CT molecular complexity index is 360. The van der Waals surface area contributed by atoms with Crippen LogP contribution in [0.15, 0.2) is 34.6 Å². The van der Waals surface area contributed by atoms with Gasteiger partial charge in [0.1, 0.15) is 0 Å². The first-order valence-corrected chi connectivity index (χ1v) is 4.25. The molecule has 0 bridgehead atoms. The van der Waals surface area contributed by atoms with Gasteiger partial charge in [-0.1, -0.05) is 28.1 Å². The molecule has 4 heteroatoms. The Morgan fingerprint density at radius 2 is 2.23 bits per heavy atom. The topological polar surface area (TPSA) is 37.3 Å². The van der Waals surface area contributed by atoms with Gasteiger partial charge in [0, 0.05) is 4.47 Å². The Kier molecular flexibility index (Phi) is 3.19. The maximum Gasteiger partial charge on any atom is 0.364 e. The van der Waals surface area contributed by atoms with Crippen LogP contribution in [-0.2, 0) is 4.79 Å². The summed E-state index contributed by atoms with van der Waals surface area (Å²) in [4.78, 5) is 10.1. The lowest BCUT2D eigenvalue weighted by Gasteiger charge is -1.94. The maximum absolute atomic E-state index is 12.6. The molecule has 0 radical (unpaired) electrons.